The number of guanidine groups is 1. The number of aryl methyl sites for hydroxylation is 3. The predicted molar refractivity (Wildman–Crippen MR) is 110 cm³/mol. The van der Waals surface area contributed by atoms with Crippen LogP contribution < -0.4 is 10.6 Å². The minimum absolute atomic E-state index is 0. The van der Waals surface area contributed by atoms with E-state index in [0.717, 1.165) is 34.6 Å². The fraction of sp³-hybridized carbons (Fsp3) is 0.533. The number of aliphatic imine (C=N–C) groups is 1. The third-order valence-corrected chi connectivity index (χ3v) is 5.28. The molecule has 2 N–H and O–H groups in total. The maximum atomic E-state index is 4.64. The Labute approximate surface area is 163 Å². The first-order valence-corrected chi connectivity index (χ1v) is 9.14. The zero-order chi connectivity index (χ0) is 15.9. The third-order valence-electron chi connectivity index (χ3n) is 3.08. The highest BCUT2D eigenvalue weighted by atomic mass is 127. The number of hydrogen-bond donors (Lipinski definition) is 2. The molecule has 0 saturated heterocycles. The lowest BCUT2D eigenvalue weighted by atomic mass is 10.4. The van der Waals surface area contributed by atoms with Crippen LogP contribution in [0.2, 0.25) is 0 Å². The van der Waals surface area contributed by atoms with E-state index in [1.807, 2.05) is 20.0 Å². The van der Waals surface area contributed by atoms with Crippen molar-refractivity contribution in [2.75, 3.05) is 6.54 Å². The summed E-state index contributed by atoms with van der Waals surface area (Å²) >= 11 is 3.46. The molecule has 23 heavy (non-hydrogen) atoms. The summed E-state index contributed by atoms with van der Waals surface area (Å²) in [5.74, 6) is 0.821. The Kier molecular flexibility index (Phi) is 9.00. The second kappa shape index (κ2) is 10.2. The summed E-state index contributed by atoms with van der Waals surface area (Å²) in [6.45, 7) is 10.5. The zero-order valence-electron chi connectivity index (χ0n) is 14.0. The standard InChI is InChI=1S/C15H23N5S2.HI/c1-5-12-7-17-14(22-12)9-19-15(16-6-2)18-8-13-10(3)20-11(4)21-13;/h7H,5-6,8-9H2,1-4H3,(H2,16,18,19);1H. The summed E-state index contributed by atoms with van der Waals surface area (Å²) in [5, 5.41) is 8.80. The molecule has 0 fully saturated rings. The van der Waals surface area contributed by atoms with Crippen molar-refractivity contribution < 1.29 is 0 Å². The van der Waals surface area contributed by atoms with Gasteiger partial charge < -0.3 is 10.6 Å². The fourth-order valence-electron chi connectivity index (χ4n) is 1.97. The van der Waals surface area contributed by atoms with E-state index in [9.17, 15) is 0 Å². The van der Waals surface area contributed by atoms with Gasteiger partial charge in [0.15, 0.2) is 5.96 Å². The van der Waals surface area contributed by atoms with Gasteiger partial charge in [0.25, 0.3) is 0 Å². The van der Waals surface area contributed by atoms with E-state index >= 15 is 0 Å². The number of nitrogens with zero attached hydrogens (tertiary/aromatic N) is 3. The fourth-order valence-corrected chi connectivity index (χ4v) is 3.63. The molecular weight excluding hydrogens is 441 g/mol. The van der Waals surface area contributed by atoms with Crippen LogP contribution in [0.25, 0.3) is 0 Å². The minimum Gasteiger partial charge on any atom is -0.357 e. The van der Waals surface area contributed by atoms with Gasteiger partial charge in [-0.25, -0.2) is 15.0 Å². The molecule has 2 rings (SSSR count). The van der Waals surface area contributed by atoms with Crippen molar-refractivity contribution in [2.45, 2.75) is 47.2 Å². The number of halogens is 1. The molecule has 5 nitrogen and oxygen atoms in total. The van der Waals surface area contributed by atoms with Gasteiger partial charge in [-0.15, -0.1) is 46.7 Å². The summed E-state index contributed by atoms with van der Waals surface area (Å²) in [6, 6.07) is 0. The first kappa shape index (κ1) is 20.3. The number of thiazole rings is 2. The topological polar surface area (TPSA) is 62.2 Å². The van der Waals surface area contributed by atoms with E-state index in [1.165, 1.54) is 9.75 Å². The molecule has 2 aromatic heterocycles. The number of aromatic nitrogens is 2. The average Bonchev–Trinajstić information content (AvgIpc) is 3.08. The predicted octanol–water partition coefficient (Wildman–Crippen LogP) is 3.65. The van der Waals surface area contributed by atoms with Gasteiger partial charge in [0.05, 0.1) is 23.8 Å². The molecule has 0 bridgehead atoms. The van der Waals surface area contributed by atoms with Gasteiger partial charge in [-0.3, -0.25) is 0 Å². The van der Waals surface area contributed by atoms with E-state index in [0.29, 0.717) is 13.1 Å². The van der Waals surface area contributed by atoms with Crippen molar-refractivity contribution in [3.05, 3.63) is 31.7 Å². The van der Waals surface area contributed by atoms with Crippen LogP contribution in [0.4, 0.5) is 0 Å². The van der Waals surface area contributed by atoms with Crippen LogP contribution in [0.3, 0.4) is 0 Å². The Morgan fingerprint density at radius 2 is 2.00 bits per heavy atom. The molecule has 0 unspecified atom stereocenters. The van der Waals surface area contributed by atoms with Gasteiger partial charge >= 0.3 is 0 Å². The third kappa shape index (κ3) is 6.34. The molecule has 0 aliphatic carbocycles. The lowest BCUT2D eigenvalue weighted by Gasteiger charge is -2.09. The minimum atomic E-state index is 0. The van der Waals surface area contributed by atoms with Crippen molar-refractivity contribution in [2.24, 2.45) is 4.99 Å². The second-order valence-electron chi connectivity index (χ2n) is 4.86. The van der Waals surface area contributed by atoms with Crippen LogP contribution in [-0.4, -0.2) is 22.5 Å². The lowest BCUT2D eigenvalue weighted by molar-refractivity contribution is 0.812. The van der Waals surface area contributed by atoms with E-state index in [4.69, 9.17) is 0 Å². The molecule has 0 saturated carbocycles. The summed E-state index contributed by atoms with van der Waals surface area (Å²) < 4.78 is 0. The van der Waals surface area contributed by atoms with E-state index in [-0.39, 0.29) is 24.0 Å². The van der Waals surface area contributed by atoms with Gasteiger partial charge in [-0.05, 0) is 27.2 Å². The van der Waals surface area contributed by atoms with Crippen LogP contribution >= 0.6 is 46.7 Å². The van der Waals surface area contributed by atoms with Gasteiger partial charge in [-0.2, -0.15) is 0 Å². The summed E-state index contributed by atoms with van der Waals surface area (Å²) in [7, 11) is 0. The van der Waals surface area contributed by atoms with Crippen molar-refractivity contribution in [1.29, 1.82) is 0 Å². The molecule has 128 valence electrons. The molecule has 0 aliphatic rings. The number of hydrogen-bond acceptors (Lipinski definition) is 5. The van der Waals surface area contributed by atoms with Crippen LogP contribution in [0, 0.1) is 13.8 Å². The zero-order valence-corrected chi connectivity index (χ0v) is 17.9. The molecule has 0 atom stereocenters. The molecule has 0 aliphatic heterocycles. The van der Waals surface area contributed by atoms with E-state index in [1.54, 1.807) is 22.7 Å². The molecular formula is C15H24IN5S2. The molecule has 0 spiro atoms. The summed E-state index contributed by atoms with van der Waals surface area (Å²) in [6.07, 6.45) is 2.99. The van der Waals surface area contributed by atoms with Gasteiger partial charge in [-0.1, -0.05) is 6.92 Å². The molecule has 8 heteroatoms. The molecule has 0 amide bonds. The molecule has 0 radical (unpaired) electrons. The van der Waals surface area contributed by atoms with Crippen molar-refractivity contribution in [3.8, 4) is 0 Å². The normalized spacial score (nSPS) is 11.2. The maximum Gasteiger partial charge on any atom is 0.191 e. The van der Waals surface area contributed by atoms with Crippen molar-refractivity contribution >= 4 is 52.6 Å². The van der Waals surface area contributed by atoms with Gasteiger partial charge in [0.1, 0.15) is 5.01 Å². The van der Waals surface area contributed by atoms with Crippen LogP contribution in [0.15, 0.2) is 11.2 Å². The summed E-state index contributed by atoms with van der Waals surface area (Å²) in [5.41, 5.74) is 1.08. The van der Waals surface area contributed by atoms with Gasteiger partial charge in [0, 0.05) is 22.5 Å². The first-order valence-electron chi connectivity index (χ1n) is 7.51. The Morgan fingerprint density at radius 1 is 1.22 bits per heavy atom. The largest absolute Gasteiger partial charge is 0.357 e. The molecule has 2 heterocycles. The van der Waals surface area contributed by atoms with Crippen LogP contribution in [0.1, 0.15) is 39.3 Å². The maximum absolute atomic E-state index is 4.64. The highest BCUT2D eigenvalue weighted by Gasteiger charge is 2.06. The Balaban J connectivity index is 0.00000264. The smallest absolute Gasteiger partial charge is 0.191 e. The monoisotopic (exact) mass is 465 g/mol. The average molecular weight is 465 g/mol. The Hall–Kier alpha value is -0.740. The molecule has 2 aromatic rings. The Bertz CT molecular complexity index is 636. The highest BCUT2D eigenvalue weighted by molar-refractivity contribution is 14.0. The van der Waals surface area contributed by atoms with Crippen LogP contribution in [-0.2, 0) is 19.5 Å². The summed E-state index contributed by atoms with van der Waals surface area (Å²) in [4.78, 5) is 16.0. The van der Waals surface area contributed by atoms with E-state index in [2.05, 4.69) is 39.4 Å². The second-order valence-corrected chi connectivity index (χ2v) is 7.35. The quantitative estimate of drug-likeness (QED) is 0.389. The highest BCUT2D eigenvalue weighted by Crippen LogP contribution is 2.18. The lowest BCUT2D eigenvalue weighted by Crippen LogP contribution is -2.36. The Morgan fingerprint density at radius 3 is 2.57 bits per heavy atom. The van der Waals surface area contributed by atoms with Gasteiger partial charge in [0.2, 0.25) is 0 Å². The van der Waals surface area contributed by atoms with Crippen LogP contribution in [0.5, 0.6) is 0 Å². The number of rotatable bonds is 6. The van der Waals surface area contributed by atoms with Crippen molar-refractivity contribution in [3.63, 3.8) is 0 Å². The van der Waals surface area contributed by atoms with Crippen molar-refractivity contribution in [1.82, 2.24) is 20.6 Å². The molecule has 0 aromatic carbocycles. The van der Waals surface area contributed by atoms with E-state index < -0.39 is 0 Å². The first-order chi connectivity index (χ1) is 10.6. The number of nitrogens with one attached hydrogen (secondary N) is 2. The SMILES string of the molecule is CCNC(=NCc1sc(C)nc1C)NCc1ncc(CC)s1.I.